The number of rotatable bonds is 4. The van der Waals surface area contributed by atoms with Crippen molar-refractivity contribution in [3.05, 3.63) is 11.7 Å². The minimum atomic E-state index is 0.232. The summed E-state index contributed by atoms with van der Waals surface area (Å²) in [6, 6.07) is 0.685. The van der Waals surface area contributed by atoms with Crippen molar-refractivity contribution in [2.45, 2.75) is 63.4 Å². The van der Waals surface area contributed by atoms with Gasteiger partial charge in [0, 0.05) is 25.7 Å². The van der Waals surface area contributed by atoms with Gasteiger partial charge in [0.15, 0.2) is 5.82 Å². The van der Waals surface area contributed by atoms with Crippen LogP contribution in [0.3, 0.4) is 0 Å². The number of likely N-dealkylation sites (tertiary alicyclic amines) is 1. The van der Waals surface area contributed by atoms with E-state index in [-0.39, 0.29) is 5.60 Å². The summed E-state index contributed by atoms with van der Waals surface area (Å²) in [6.07, 6.45) is 6.53. The second kappa shape index (κ2) is 5.34. The Morgan fingerprint density at radius 3 is 2.90 bits per heavy atom. The Morgan fingerprint density at radius 1 is 1.38 bits per heavy atom. The molecule has 3 aliphatic rings. The van der Waals surface area contributed by atoms with E-state index in [4.69, 9.17) is 14.0 Å². The fourth-order valence-electron chi connectivity index (χ4n) is 3.69. The minimum absolute atomic E-state index is 0.232. The molecule has 0 bridgehead atoms. The van der Waals surface area contributed by atoms with Gasteiger partial charge in [-0.2, -0.15) is 4.98 Å². The first-order valence-electron chi connectivity index (χ1n) is 8.01. The maximum absolute atomic E-state index is 6.00. The van der Waals surface area contributed by atoms with Gasteiger partial charge in [0.25, 0.3) is 5.89 Å². The molecule has 0 amide bonds. The number of aryl methyl sites for hydroxylation is 1. The molecular formula is C15H23N3O3. The highest BCUT2D eigenvalue weighted by molar-refractivity contribution is 4.99. The van der Waals surface area contributed by atoms with Gasteiger partial charge in [0.05, 0.1) is 11.7 Å². The predicted molar refractivity (Wildman–Crippen MR) is 74.7 cm³/mol. The Kier molecular flexibility index (Phi) is 3.47. The normalized spacial score (nSPS) is 29.3. The van der Waals surface area contributed by atoms with Gasteiger partial charge >= 0.3 is 0 Å². The molecule has 21 heavy (non-hydrogen) atoms. The molecule has 6 heteroatoms. The van der Waals surface area contributed by atoms with Crippen LogP contribution in [-0.4, -0.2) is 52.5 Å². The highest BCUT2D eigenvalue weighted by Gasteiger charge is 2.45. The molecule has 1 unspecified atom stereocenters. The Morgan fingerprint density at radius 2 is 2.24 bits per heavy atom. The van der Waals surface area contributed by atoms with Crippen molar-refractivity contribution < 1.29 is 14.0 Å². The smallest absolute Gasteiger partial charge is 0.252 e. The molecule has 1 aromatic rings. The van der Waals surface area contributed by atoms with E-state index in [0.29, 0.717) is 30.5 Å². The van der Waals surface area contributed by atoms with Gasteiger partial charge in [-0.3, -0.25) is 4.90 Å². The lowest BCUT2D eigenvalue weighted by Crippen LogP contribution is -2.60. The SMILES string of the molecule is Cc1noc(COC2CN(C3CCOC4(CCC4)C3)C2)n1. The van der Waals surface area contributed by atoms with E-state index in [1.807, 2.05) is 6.92 Å². The molecule has 0 N–H and O–H groups in total. The Hall–Kier alpha value is -0.980. The molecule has 2 aliphatic heterocycles. The molecule has 1 aliphatic carbocycles. The van der Waals surface area contributed by atoms with Crippen LogP contribution in [0.2, 0.25) is 0 Å². The third kappa shape index (κ3) is 2.72. The number of ether oxygens (including phenoxy) is 2. The van der Waals surface area contributed by atoms with E-state index in [2.05, 4.69) is 15.0 Å². The van der Waals surface area contributed by atoms with Gasteiger partial charge in [-0.1, -0.05) is 5.16 Å². The monoisotopic (exact) mass is 293 g/mol. The molecule has 4 rings (SSSR count). The van der Waals surface area contributed by atoms with Crippen LogP contribution >= 0.6 is 0 Å². The van der Waals surface area contributed by atoms with Crippen LogP contribution in [0.1, 0.15) is 43.8 Å². The fourth-order valence-corrected chi connectivity index (χ4v) is 3.69. The second-order valence-corrected chi connectivity index (χ2v) is 6.65. The first-order chi connectivity index (χ1) is 10.2. The van der Waals surface area contributed by atoms with Crippen molar-refractivity contribution in [1.82, 2.24) is 15.0 Å². The van der Waals surface area contributed by atoms with Crippen molar-refractivity contribution >= 4 is 0 Å². The standard InChI is InChI=1S/C15H23N3O3/c1-11-16-14(21-17-11)10-19-13-8-18(9-13)12-3-6-20-15(7-12)4-2-5-15/h12-13H,2-10H2,1H3. The summed E-state index contributed by atoms with van der Waals surface area (Å²) in [5.74, 6) is 1.24. The average Bonchev–Trinajstić information content (AvgIpc) is 2.81. The topological polar surface area (TPSA) is 60.6 Å². The first-order valence-corrected chi connectivity index (χ1v) is 8.01. The van der Waals surface area contributed by atoms with Gasteiger partial charge < -0.3 is 14.0 Å². The van der Waals surface area contributed by atoms with E-state index in [1.165, 1.54) is 25.7 Å². The summed E-state index contributed by atoms with van der Waals surface area (Å²) in [4.78, 5) is 6.70. The van der Waals surface area contributed by atoms with Gasteiger partial charge in [0.2, 0.25) is 0 Å². The van der Waals surface area contributed by atoms with Crippen LogP contribution in [0.25, 0.3) is 0 Å². The van der Waals surface area contributed by atoms with E-state index < -0.39 is 0 Å². The lowest BCUT2D eigenvalue weighted by molar-refractivity contribution is -0.169. The molecule has 1 aromatic heterocycles. The maximum Gasteiger partial charge on any atom is 0.252 e. The summed E-state index contributed by atoms with van der Waals surface area (Å²) in [5.41, 5.74) is 0.232. The summed E-state index contributed by atoms with van der Waals surface area (Å²) in [7, 11) is 0. The Balaban J connectivity index is 1.22. The van der Waals surface area contributed by atoms with Crippen LogP contribution in [-0.2, 0) is 16.1 Å². The number of hydrogen-bond acceptors (Lipinski definition) is 6. The summed E-state index contributed by atoms with van der Waals surface area (Å²) in [6.45, 7) is 5.21. The molecule has 3 heterocycles. The molecule has 1 saturated carbocycles. The largest absolute Gasteiger partial charge is 0.375 e. The van der Waals surface area contributed by atoms with Crippen molar-refractivity contribution in [2.24, 2.45) is 0 Å². The number of aromatic nitrogens is 2. The van der Waals surface area contributed by atoms with Gasteiger partial charge in [-0.15, -0.1) is 0 Å². The number of nitrogens with zero attached hydrogens (tertiary/aromatic N) is 3. The van der Waals surface area contributed by atoms with Crippen molar-refractivity contribution in [1.29, 1.82) is 0 Å². The van der Waals surface area contributed by atoms with Gasteiger partial charge in [0.1, 0.15) is 6.61 Å². The maximum atomic E-state index is 6.00. The molecule has 0 radical (unpaired) electrons. The van der Waals surface area contributed by atoms with E-state index in [0.717, 1.165) is 26.1 Å². The van der Waals surface area contributed by atoms with E-state index in [1.54, 1.807) is 0 Å². The predicted octanol–water partition coefficient (Wildman–Crippen LogP) is 1.68. The van der Waals surface area contributed by atoms with E-state index in [9.17, 15) is 0 Å². The summed E-state index contributed by atoms with van der Waals surface area (Å²) in [5, 5.41) is 3.77. The molecule has 3 fully saturated rings. The molecular weight excluding hydrogens is 270 g/mol. The average molecular weight is 293 g/mol. The van der Waals surface area contributed by atoms with Crippen molar-refractivity contribution in [3.8, 4) is 0 Å². The van der Waals surface area contributed by atoms with Gasteiger partial charge in [-0.25, -0.2) is 0 Å². The molecule has 6 nitrogen and oxygen atoms in total. The molecule has 116 valence electrons. The second-order valence-electron chi connectivity index (χ2n) is 6.65. The zero-order chi connectivity index (χ0) is 14.3. The lowest BCUT2D eigenvalue weighted by atomic mass is 9.73. The molecule has 0 aromatic carbocycles. The zero-order valence-electron chi connectivity index (χ0n) is 12.6. The first kappa shape index (κ1) is 13.7. The lowest BCUT2D eigenvalue weighted by Gasteiger charge is -2.52. The van der Waals surface area contributed by atoms with Crippen LogP contribution in [0.5, 0.6) is 0 Å². The third-order valence-corrected chi connectivity index (χ3v) is 5.14. The number of hydrogen-bond donors (Lipinski definition) is 0. The van der Waals surface area contributed by atoms with Crippen molar-refractivity contribution in [3.63, 3.8) is 0 Å². The van der Waals surface area contributed by atoms with Gasteiger partial charge in [-0.05, 0) is 39.0 Å². The van der Waals surface area contributed by atoms with Crippen LogP contribution < -0.4 is 0 Å². The molecule has 1 atom stereocenters. The fraction of sp³-hybridized carbons (Fsp3) is 0.867. The Bertz CT molecular complexity index is 494. The van der Waals surface area contributed by atoms with Crippen LogP contribution in [0.15, 0.2) is 4.52 Å². The molecule has 2 saturated heterocycles. The quantitative estimate of drug-likeness (QED) is 0.842. The van der Waals surface area contributed by atoms with Crippen molar-refractivity contribution in [2.75, 3.05) is 19.7 Å². The summed E-state index contributed by atoms with van der Waals surface area (Å²) < 4.78 is 16.9. The highest BCUT2D eigenvalue weighted by atomic mass is 16.5. The minimum Gasteiger partial charge on any atom is -0.375 e. The van der Waals surface area contributed by atoms with Crippen LogP contribution in [0, 0.1) is 6.92 Å². The summed E-state index contributed by atoms with van der Waals surface area (Å²) >= 11 is 0. The molecule has 1 spiro atoms. The zero-order valence-corrected chi connectivity index (χ0v) is 12.6. The Labute approximate surface area is 124 Å². The van der Waals surface area contributed by atoms with Crippen LogP contribution in [0.4, 0.5) is 0 Å². The van der Waals surface area contributed by atoms with E-state index >= 15 is 0 Å². The highest BCUT2D eigenvalue weighted by Crippen LogP contribution is 2.44. The third-order valence-electron chi connectivity index (χ3n) is 5.14.